The lowest BCUT2D eigenvalue weighted by Crippen LogP contribution is -2.32. The van der Waals surface area contributed by atoms with Crippen molar-refractivity contribution in [2.24, 2.45) is 0 Å². The Balaban J connectivity index is 1.41. The van der Waals surface area contributed by atoms with E-state index in [-0.39, 0.29) is 29.2 Å². The van der Waals surface area contributed by atoms with Gasteiger partial charge in [-0.3, -0.25) is 14.5 Å². The summed E-state index contributed by atoms with van der Waals surface area (Å²) in [6, 6.07) is 15.5. The second-order valence-electron chi connectivity index (χ2n) is 6.47. The van der Waals surface area contributed by atoms with Gasteiger partial charge < -0.3 is 9.15 Å². The van der Waals surface area contributed by atoms with Crippen LogP contribution >= 0.6 is 46.6 Å². The van der Waals surface area contributed by atoms with Gasteiger partial charge in [0.15, 0.2) is 0 Å². The second-order valence-corrected chi connectivity index (χ2v) is 8.71. The number of thioether (sulfide) groups is 1. The topological polar surface area (TPSA) is 59.8 Å². The Hall–Kier alpha value is -2.38. The lowest BCUT2D eigenvalue weighted by molar-refractivity contribution is -0.123. The second kappa shape index (κ2) is 9.40. The van der Waals surface area contributed by atoms with Gasteiger partial charge in [0.2, 0.25) is 0 Å². The maximum Gasteiger partial charge on any atom is 0.293 e. The van der Waals surface area contributed by atoms with E-state index in [4.69, 9.17) is 44.0 Å². The third-order valence-corrected chi connectivity index (χ3v) is 6.27. The first-order chi connectivity index (χ1) is 14.9. The number of imide groups is 1. The molecule has 0 unspecified atom stereocenters. The van der Waals surface area contributed by atoms with Crippen molar-refractivity contribution in [2.45, 2.75) is 0 Å². The highest BCUT2D eigenvalue weighted by atomic mass is 35.5. The van der Waals surface area contributed by atoms with Crippen molar-refractivity contribution in [1.82, 2.24) is 4.90 Å². The van der Waals surface area contributed by atoms with Gasteiger partial charge in [-0.2, -0.15) is 0 Å². The molecule has 0 N–H and O–H groups in total. The van der Waals surface area contributed by atoms with E-state index in [0.717, 1.165) is 22.2 Å². The Kier molecular flexibility index (Phi) is 6.62. The van der Waals surface area contributed by atoms with Gasteiger partial charge in [0.05, 0.1) is 21.5 Å². The van der Waals surface area contributed by atoms with E-state index in [1.807, 2.05) is 0 Å². The standard InChI is InChI=1S/C22H14Cl3NO4S/c23-14-2-4-15(5-3-14)29-10-9-26-21(27)20(31-22(26)28)12-16-6-8-19(30-16)13-1-7-17(24)18(25)11-13/h1-8,11-12H,9-10H2/b20-12-. The maximum absolute atomic E-state index is 12.6. The molecule has 1 fully saturated rings. The molecule has 2 heterocycles. The molecule has 4 rings (SSSR count). The van der Waals surface area contributed by atoms with Crippen LogP contribution in [0.15, 0.2) is 63.9 Å². The van der Waals surface area contributed by atoms with Gasteiger partial charge in [0.25, 0.3) is 11.1 Å². The number of furan rings is 1. The summed E-state index contributed by atoms with van der Waals surface area (Å²) < 4.78 is 11.4. The van der Waals surface area contributed by atoms with Crippen LogP contribution in [0.5, 0.6) is 5.75 Å². The Morgan fingerprint density at radius 1 is 0.968 bits per heavy atom. The molecule has 0 atom stereocenters. The highest BCUT2D eigenvalue weighted by Gasteiger charge is 2.35. The highest BCUT2D eigenvalue weighted by molar-refractivity contribution is 8.18. The third-order valence-electron chi connectivity index (χ3n) is 4.38. The fourth-order valence-corrected chi connectivity index (χ4v) is 4.11. The van der Waals surface area contributed by atoms with Gasteiger partial charge >= 0.3 is 0 Å². The molecule has 2 aromatic carbocycles. The number of hydrogen-bond acceptors (Lipinski definition) is 5. The summed E-state index contributed by atoms with van der Waals surface area (Å²) >= 11 is 18.7. The Bertz CT molecular complexity index is 1170. The van der Waals surface area contributed by atoms with Gasteiger partial charge in [0.1, 0.15) is 23.9 Å². The van der Waals surface area contributed by atoms with Crippen LogP contribution in [0.2, 0.25) is 15.1 Å². The summed E-state index contributed by atoms with van der Waals surface area (Å²) in [4.78, 5) is 26.3. The zero-order valence-corrected chi connectivity index (χ0v) is 18.9. The van der Waals surface area contributed by atoms with E-state index >= 15 is 0 Å². The first kappa shape index (κ1) is 21.8. The lowest BCUT2D eigenvalue weighted by Gasteiger charge is -2.13. The molecule has 0 spiro atoms. The van der Waals surface area contributed by atoms with Crippen molar-refractivity contribution in [2.75, 3.05) is 13.2 Å². The lowest BCUT2D eigenvalue weighted by atomic mass is 10.2. The molecule has 158 valence electrons. The minimum Gasteiger partial charge on any atom is -0.492 e. The molecule has 31 heavy (non-hydrogen) atoms. The van der Waals surface area contributed by atoms with Crippen LogP contribution in [0.25, 0.3) is 17.4 Å². The third kappa shape index (κ3) is 5.10. The Labute approximate surface area is 197 Å². The molecule has 0 aliphatic carbocycles. The van der Waals surface area contributed by atoms with Crippen LogP contribution in [0.1, 0.15) is 5.76 Å². The van der Waals surface area contributed by atoms with Crippen molar-refractivity contribution in [3.63, 3.8) is 0 Å². The summed E-state index contributed by atoms with van der Waals surface area (Å²) in [7, 11) is 0. The molecule has 1 aliphatic rings. The molecule has 0 saturated carbocycles. The fourth-order valence-electron chi connectivity index (χ4n) is 2.84. The summed E-state index contributed by atoms with van der Waals surface area (Å²) in [6.45, 7) is 0.312. The largest absolute Gasteiger partial charge is 0.492 e. The molecule has 9 heteroatoms. The number of carbonyl (C=O) groups excluding carboxylic acids is 2. The van der Waals surface area contributed by atoms with Gasteiger partial charge in [-0.25, -0.2) is 0 Å². The van der Waals surface area contributed by atoms with Crippen molar-refractivity contribution in [1.29, 1.82) is 0 Å². The normalized spacial score (nSPS) is 15.2. The quantitative estimate of drug-likeness (QED) is 0.345. The van der Waals surface area contributed by atoms with Crippen molar-refractivity contribution in [3.05, 3.63) is 80.3 Å². The zero-order valence-electron chi connectivity index (χ0n) is 15.8. The summed E-state index contributed by atoms with van der Waals surface area (Å²) in [5.41, 5.74) is 0.751. The highest BCUT2D eigenvalue weighted by Crippen LogP contribution is 2.34. The number of halogens is 3. The van der Waals surface area contributed by atoms with Gasteiger partial charge in [-0.1, -0.05) is 34.8 Å². The first-order valence-corrected chi connectivity index (χ1v) is 11.0. The minimum atomic E-state index is -0.387. The maximum atomic E-state index is 12.6. The molecule has 2 amide bonds. The monoisotopic (exact) mass is 493 g/mol. The molecule has 1 aliphatic heterocycles. The molecular weight excluding hydrogens is 481 g/mol. The predicted octanol–water partition coefficient (Wildman–Crippen LogP) is 7.02. The summed E-state index contributed by atoms with van der Waals surface area (Å²) in [5.74, 6) is 1.24. The van der Waals surface area contributed by atoms with Crippen molar-refractivity contribution < 1.29 is 18.7 Å². The first-order valence-electron chi connectivity index (χ1n) is 9.10. The number of hydrogen-bond donors (Lipinski definition) is 0. The number of carbonyl (C=O) groups is 2. The molecule has 0 radical (unpaired) electrons. The minimum absolute atomic E-state index is 0.136. The van der Waals surface area contributed by atoms with E-state index in [0.29, 0.717) is 32.3 Å². The molecule has 1 saturated heterocycles. The average Bonchev–Trinajstić information content (AvgIpc) is 3.31. The SMILES string of the molecule is O=C1S/C(=C\c2ccc(-c3ccc(Cl)c(Cl)c3)o2)C(=O)N1CCOc1ccc(Cl)cc1. The number of ether oxygens (including phenoxy) is 1. The average molecular weight is 495 g/mol. The smallest absolute Gasteiger partial charge is 0.293 e. The van der Waals surface area contributed by atoms with Crippen molar-refractivity contribution in [3.8, 4) is 17.1 Å². The van der Waals surface area contributed by atoms with Crippen molar-refractivity contribution >= 4 is 63.8 Å². The van der Waals surface area contributed by atoms with E-state index in [2.05, 4.69) is 0 Å². The van der Waals surface area contributed by atoms with E-state index in [9.17, 15) is 9.59 Å². The predicted molar refractivity (Wildman–Crippen MR) is 124 cm³/mol. The molecule has 5 nitrogen and oxygen atoms in total. The number of nitrogens with zero attached hydrogens (tertiary/aromatic N) is 1. The number of amides is 2. The van der Waals surface area contributed by atoms with E-state index in [1.54, 1.807) is 60.7 Å². The fraction of sp³-hybridized carbons (Fsp3) is 0.0909. The van der Waals surface area contributed by atoms with Gasteiger partial charge in [-0.15, -0.1) is 0 Å². The molecule has 1 aromatic heterocycles. The van der Waals surface area contributed by atoms with Crippen LogP contribution in [-0.2, 0) is 4.79 Å². The van der Waals surface area contributed by atoms with Crippen LogP contribution in [0, 0.1) is 0 Å². The van der Waals surface area contributed by atoms with Crippen LogP contribution in [0.4, 0.5) is 4.79 Å². The van der Waals surface area contributed by atoms with Crippen LogP contribution < -0.4 is 4.74 Å². The van der Waals surface area contributed by atoms with E-state index < -0.39 is 0 Å². The Morgan fingerprint density at radius 2 is 1.74 bits per heavy atom. The molecule has 0 bridgehead atoms. The number of benzene rings is 2. The summed E-state index contributed by atoms with van der Waals surface area (Å²) in [5, 5.41) is 1.11. The van der Waals surface area contributed by atoms with E-state index in [1.165, 1.54) is 0 Å². The Morgan fingerprint density at radius 3 is 2.48 bits per heavy atom. The molecule has 3 aromatic rings. The van der Waals surface area contributed by atoms with Crippen LogP contribution in [0.3, 0.4) is 0 Å². The van der Waals surface area contributed by atoms with Gasteiger partial charge in [0, 0.05) is 16.7 Å². The zero-order chi connectivity index (χ0) is 22.0. The van der Waals surface area contributed by atoms with Crippen LogP contribution in [-0.4, -0.2) is 29.2 Å². The molecular formula is C22H14Cl3NO4S. The summed E-state index contributed by atoms with van der Waals surface area (Å²) in [6.07, 6.45) is 1.55. The number of rotatable bonds is 6. The van der Waals surface area contributed by atoms with Gasteiger partial charge in [-0.05, 0) is 66.4 Å².